The molecule has 2 rings (SSSR count). The number of hydrogen-bond donors (Lipinski definition) is 1. The summed E-state index contributed by atoms with van der Waals surface area (Å²) in [7, 11) is 0. The molecule has 102 valence electrons. The number of nitrogens with one attached hydrogen (secondary N) is 1. The van der Waals surface area contributed by atoms with Crippen molar-refractivity contribution in [2.45, 2.75) is 26.3 Å². The smallest absolute Gasteiger partial charge is 0.140 e. The molecule has 20 heavy (non-hydrogen) atoms. The third kappa shape index (κ3) is 3.86. The predicted molar refractivity (Wildman–Crippen MR) is 83.4 cm³/mol. The lowest BCUT2D eigenvalue weighted by Gasteiger charge is -2.14. The molecule has 0 amide bonds. The van der Waals surface area contributed by atoms with Crippen molar-refractivity contribution in [2.75, 3.05) is 5.32 Å². The van der Waals surface area contributed by atoms with Crippen LogP contribution in [-0.2, 0) is 6.42 Å². The third-order valence-electron chi connectivity index (χ3n) is 3.17. The zero-order chi connectivity index (χ0) is 14.4. The van der Waals surface area contributed by atoms with Gasteiger partial charge in [-0.25, -0.2) is 0 Å². The van der Waals surface area contributed by atoms with E-state index in [0.29, 0.717) is 5.92 Å². The molecule has 0 aliphatic carbocycles. The van der Waals surface area contributed by atoms with Crippen molar-refractivity contribution in [2.24, 2.45) is 5.92 Å². The maximum absolute atomic E-state index is 9.34. The summed E-state index contributed by atoms with van der Waals surface area (Å²) in [6.07, 6.45) is 1.07. The van der Waals surface area contributed by atoms with E-state index in [9.17, 15) is 5.26 Å². The summed E-state index contributed by atoms with van der Waals surface area (Å²) >= 11 is 0. The SMILES string of the molecule is CC(C)Cc1ccc(C(C#N)Nc2ccccc2)cc1. The Balaban J connectivity index is 2.10. The normalized spacial score (nSPS) is 11.9. The van der Waals surface area contributed by atoms with E-state index in [0.717, 1.165) is 17.7 Å². The second-order valence-corrected chi connectivity index (χ2v) is 5.41. The number of anilines is 1. The first-order valence-corrected chi connectivity index (χ1v) is 6.99. The van der Waals surface area contributed by atoms with Crippen molar-refractivity contribution >= 4 is 5.69 Å². The molecule has 0 bridgehead atoms. The van der Waals surface area contributed by atoms with E-state index >= 15 is 0 Å². The van der Waals surface area contributed by atoms with Gasteiger partial charge in [-0.05, 0) is 35.6 Å². The van der Waals surface area contributed by atoms with Gasteiger partial charge in [-0.2, -0.15) is 5.26 Å². The Hall–Kier alpha value is -2.27. The Morgan fingerprint density at radius 1 is 1.00 bits per heavy atom. The maximum Gasteiger partial charge on any atom is 0.140 e. The van der Waals surface area contributed by atoms with Crippen molar-refractivity contribution in [3.05, 3.63) is 65.7 Å². The monoisotopic (exact) mass is 264 g/mol. The van der Waals surface area contributed by atoms with E-state index in [1.54, 1.807) is 0 Å². The minimum atomic E-state index is -0.314. The van der Waals surface area contributed by atoms with E-state index in [-0.39, 0.29) is 6.04 Å². The molecule has 0 fully saturated rings. The fourth-order valence-corrected chi connectivity index (χ4v) is 2.21. The number of rotatable bonds is 5. The second-order valence-electron chi connectivity index (χ2n) is 5.41. The molecule has 0 saturated heterocycles. The van der Waals surface area contributed by atoms with E-state index in [1.165, 1.54) is 5.56 Å². The lowest BCUT2D eigenvalue weighted by Crippen LogP contribution is -2.08. The molecule has 0 aliphatic rings. The van der Waals surface area contributed by atoms with Crippen molar-refractivity contribution in [3.8, 4) is 6.07 Å². The number of hydrogen-bond acceptors (Lipinski definition) is 2. The Morgan fingerprint density at radius 3 is 2.20 bits per heavy atom. The fourth-order valence-electron chi connectivity index (χ4n) is 2.21. The summed E-state index contributed by atoms with van der Waals surface area (Å²) < 4.78 is 0. The second kappa shape index (κ2) is 6.77. The van der Waals surface area contributed by atoms with Gasteiger partial charge in [0.05, 0.1) is 6.07 Å². The van der Waals surface area contributed by atoms with Gasteiger partial charge in [-0.1, -0.05) is 56.3 Å². The first-order chi connectivity index (χ1) is 9.69. The van der Waals surface area contributed by atoms with Gasteiger partial charge in [0.1, 0.15) is 6.04 Å². The average Bonchev–Trinajstić information content (AvgIpc) is 2.46. The zero-order valence-corrected chi connectivity index (χ0v) is 12.0. The molecular weight excluding hydrogens is 244 g/mol. The molecule has 1 atom stereocenters. The van der Waals surface area contributed by atoms with Gasteiger partial charge < -0.3 is 5.32 Å². The zero-order valence-electron chi connectivity index (χ0n) is 12.0. The van der Waals surface area contributed by atoms with Gasteiger partial charge in [0.25, 0.3) is 0 Å². The third-order valence-corrected chi connectivity index (χ3v) is 3.17. The molecule has 0 aromatic heterocycles. The number of para-hydroxylation sites is 1. The Morgan fingerprint density at radius 2 is 1.65 bits per heavy atom. The van der Waals surface area contributed by atoms with Gasteiger partial charge in [0, 0.05) is 5.69 Å². The average molecular weight is 264 g/mol. The van der Waals surface area contributed by atoms with Gasteiger partial charge in [-0.3, -0.25) is 0 Å². The Bertz CT molecular complexity index is 565. The highest BCUT2D eigenvalue weighted by atomic mass is 14.9. The lowest BCUT2D eigenvalue weighted by molar-refractivity contribution is 0.647. The summed E-state index contributed by atoms with van der Waals surface area (Å²) in [6.45, 7) is 4.42. The number of benzene rings is 2. The molecule has 0 radical (unpaired) electrons. The van der Waals surface area contributed by atoms with Gasteiger partial charge in [-0.15, -0.1) is 0 Å². The van der Waals surface area contributed by atoms with Crippen LogP contribution < -0.4 is 5.32 Å². The van der Waals surface area contributed by atoms with Crippen LogP contribution in [0.3, 0.4) is 0 Å². The van der Waals surface area contributed by atoms with E-state index < -0.39 is 0 Å². The van der Waals surface area contributed by atoms with Gasteiger partial charge in [0.2, 0.25) is 0 Å². The molecule has 0 spiro atoms. The van der Waals surface area contributed by atoms with Crippen molar-refractivity contribution < 1.29 is 0 Å². The van der Waals surface area contributed by atoms with Crippen LogP contribution in [0.5, 0.6) is 0 Å². The Kier molecular flexibility index (Phi) is 4.79. The van der Waals surface area contributed by atoms with Crippen LogP contribution >= 0.6 is 0 Å². The largest absolute Gasteiger partial charge is 0.366 e. The molecule has 0 saturated carbocycles. The molecule has 1 N–H and O–H groups in total. The quantitative estimate of drug-likeness (QED) is 0.859. The van der Waals surface area contributed by atoms with Crippen LogP contribution in [0.15, 0.2) is 54.6 Å². The highest BCUT2D eigenvalue weighted by Crippen LogP contribution is 2.20. The van der Waals surface area contributed by atoms with Crippen LogP contribution in [0.25, 0.3) is 0 Å². The highest BCUT2D eigenvalue weighted by molar-refractivity contribution is 5.47. The molecule has 2 aromatic rings. The molecule has 0 heterocycles. The Labute approximate surface area is 121 Å². The molecular formula is C18H20N2. The number of nitriles is 1. The molecule has 0 aliphatic heterocycles. The minimum Gasteiger partial charge on any atom is -0.366 e. The first-order valence-electron chi connectivity index (χ1n) is 6.99. The lowest BCUT2D eigenvalue weighted by atomic mass is 9.99. The topological polar surface area (TPSA) is 35.8 Å². The van der Waals surface area contributed by atoms with Gasteiger partial charge in [0.15, 0.2) is 0 Å². The molecule has 2 nitrogen and oxygen atoms in total. The van der Waals surface area contributed by atoms with E-state index in [2.05, 4.69) is 37.4 Å². The van der Waals surface area contributed by atoms with E-state index in [1.807, 2.05) is 42.5 Å². The maximum atomic E-state index is 9.34. The minimum absolute atomic E-state index is 0.314. The van der Waals surface area contributed by atoms with Crippen LogP contribution in [0, 0.1) is 17.2 Å². The van der Waals surface area contributed by atoms with Crippen LogP contribution in [-0.4, -0.2) is 0 Å². The molecule has 2 aromatic carbocycles. The van der Waals surface area contributed by atoms with Crippen LogP contribution in [0.2, 0.25) is 0 Å². The molecule has 2 heteroatoms. The summed E-state index contributed by atoms with van der Waals surface area (Å²) in [5, 5.41) is 12.6. The van der Waals surface area contributed by atoms with Gasteiger partial charge >= 0.3 is 0 Å². The van der Waals surface area contributed by atoms with E-state index in [4.69, 9.17) is 0 Å². The summed E-state index contributed by atoms with van der Waals surface area (Å²) in [6, 6.07) is 20.1. The predicted octanol–water partition coefficient (Wildman–Crippen LogP) is 4.56. The standard InChI is InChI=1S/C18H20N2/c1-14(2)12-15-8-10-16(11-9-15)18(13-19)20-17-6-4-3-5-7-17/h3-11,14,18,20H,12H2,1-2H3. The van der Waals surface area contributed by atoms with Crippen molar-refractivity contribution in [1.29, 1.82) is 5.26 Å². The van der Waals surface area contributed by atoms with Crippen LogP contribution in [0.4, 0.5) is 5.69 Å². The van der Waals surface area contributed by atoms with Crippen molar-refractivity contribution in [3.63, 3.8) is 0 Å². The van der Waals surface area contributed by atoms with Crippen molar-refractivity contribution in [1.82, 2.24) is 0 Å². The first kappa shape index (κ1) is 14.1. The summed E-state index contributed by atoms with van der Waals surface area (Å²) in [4.78, 5) is 0. The fraction of sp³-hybridized carbons (Fsp3) is 0.278. The molecule has 1 unspecified atom stereocenters. The van der Waals surface area contributed by atoms with Crippen LogP contribution in [0.1, 0.15) is 31.0 Å². The number of nitrogens with zero attached hydrogens (tertiary/aromatic N) is 1. The highest BCUT2D eigenvalue weighted by Gasteiger charge is 2.10. The summed E-state index contributed by atoms with van der Waals surface area (Å²) in [5.74, 6) is 0.648. The summed E-state index contributed by atoms with van der Waals surface area (Å²) in [5.41, 5.74) is 3.29.